The van der Waals surface area contributed by atoms with Crippen LogP contribution >= 0.6 is 0 Å². The highest BCUT2D eigenvalue weighted by Crippen LogP contribution is 1.76. The van der Waals surface area contributed by atoms with Gasteiger partial charge in [-0.3, -0.25) is 4.72 Å². The van der Waals surface area contributed by atoms with Crippen LogP contribution in [-0.2, 0) is 20.6 Å². The number of rotatable bonds is 4. The van der Waals surface area contributed by atoms with Gasteiger partial charge in [0.25, 0.3) is 11.3 Å². The first-order chi connectivity index (χ1) is 3.81. The number of nitrogens with one attached hydrogen (secondary N) is 1. The van der Waals surface area contributed by atoms with Crippen LogP contribution < -0.4 is 4.72 Å². The molecule has 48 valence electrons. The van der Waals surface area contributed by atoms with Gasteiger partial charge in [0.15, 0.2) is 0 Å². The molecule has 8 heavy (non-hydrogen) atoms. The van der Waals surface area contributed by atoms with Crippen molar-refractivity contribution >= 4 is 11.3 Å². The van der Waals surface area contributed by atoms with Crippen LogP contribution in [0.25, 0.3) is 0 Å². The Bertz CT molecular complexity index is 94.0. The molecule has 1 atom stereocenters. The lowest BCUT2D eigenvalue weighted by Crippen LogP contribution is -2.11. The maximum atomic E-state index is 10.1. The van der Waals surface area contributed by atoms with Gasteiger partial charge in [0, 0.05) is 6.20 Å². The molecule has 0 rings (SSSR count). The van der Waals surface area contributed by atoms with E-state index >= 15 is 0 Å². The lowest BCUT2D eigenvalue weighted by atomic mass is 11.1. The standard InChI is InChI=1S/C2H5NO4S/c1-2-3-8(5)7-6-4/h2-4H,1H2. The molecule has 0 aromatic carbocycles. The van der Waals surface area contributed by atoms with Gasteiger partial charge < -0.3 is 0 Å². The van der Waals surface area contributed by atoms with Crippen LogP contribution in [0.4, 0.5) is 0 Å². The SMILES string of the molecule is C=CNS(=O)OOO. The minimum atomic E-state index is -1.86. The Balaban J connectivity index is 3.18. The smallest absolute Gasteiger partial charge is 0.288 e. The third kappa shape index (κ3) is 3.75. The second-order valence-electron chi connectivity index (χ2n) is 0.699. The van der Waals surface area contributed by atoms with Crippen molar-refractivity contribution in [1.29, 1.82) is 0 Å². The highest BCUT2D eigenvalue weighted by molar-refractivity contribution is 7.78. The molecule has 5 nitrogen and oxygen atoms in total. The molecular formula is C2H5NO4S. The van der Waals surface area contributed by atoms with Crippen LogP contribution in [0.15, 0.2) is 12.8 Å². The molecule has 0 fully saturated rings. The van der Waals surface area contributed by atoms with Crippen molar-refractivity contribution in [3.05, 3.63) is 12.8 Å². The summed E-state index contributed by atoms with van der Waals surface area (Å²) in [4.78, 5) is 0. The molecule has 0 bridgehead atoms. The van der Waals surface area contributed by atoms with E-state index < -0.39 is 11.3 Å². The first-order valence-corrected chi connectivity index (χ1v) is 2.66. The number of hydrogen-bond acceptors (Lipinski definition) is 4. The van der Waals surface area contributed by atoms with Crippen molar-refractivity contribution in [3.63, 3.8) is 0 Å². The van der Waals surface area contributed by atoms with Gasteiger partial charge in [-0.1, -0.05) is 16.0 Å². The zero-order valence-corrected chi connectivity index (χ0v) is 4.68. The van der Waals surface area contributed by atoms with E-state index in [1.165, 1.54) is 0 Å². The molecule has 0 amide bonds. The Kier molecular flexibility index (Phi) is 4.47. The Labute approximate surface area is 48.6 Å². The summed E-state index contributed by atoms with van der Waals surface area (Å²) in [5.74, 6) is 0. The Morgan fingerprint density at radius 2 is 2.50 bits per heavy atom. The summed E-state index contributed by atoms with van der Waals surface area (Å²) in [6.45, 7) is 3.16. The summed E-state index contributed by atoms with van der Waals surface area (Å²) in [5, 5.41) is 10.5. The van der Waals surface area contributed by atoms with E-state index in [0.29, 0.717) is 0 Å². The van der Waals surface area contributed by atoms with E-state index in [1.54, 1.807) is 0 Å². The predicted molar refractivity (Wildman–Crippen MR) is 26.3 cm³/mol. The molecule has 0 aromatic rings. The molecular weight excluding hydrogens is 134 g/mol. The summed E-state index contributed by atoms with van der Waals surface area (Å²) in [7, 11) is 0. The van der Waals surface area contributed by atoms with Crippen LogP contribution in [0.3, 0.4) is 0 Å². The average molecular weight is 139 g/mol. The minimum absolute atomic E-state index is 1.13. The summed E-state index contributed by atoms with van der Waals surface area (Å²) < 4.78 is 15.8. The van der Waals surface area contributed by atoms with Crippen LogP contribution in [0.1, 0.15) is 0 Å². The normalized spacial score (nSPS) is 12.6. The number of hydrogen-bond donors (Lipinski definition) is 2. The van der Waals surface area contributed by atoms with E-state index in [-0.39, 0.29) is 0 Å². The minimum Gasteiger partial charge on any atom is -0.288 e. The molecule has 2 N–H and O–H groups in total. The summed E-state index contributed by atoms with van der Waals surface area (Å²) in [5.41, 5.74) is 0. The fourth-order valence-corrected chi connectivity index (χ4v) is 0.346. The lowest BCUT2D eigenvalue weighted by Gasteiger charge is -1.92. The van der Waals surface area contributed by atoms with Gasteiger partial charge in [0.2, 0.25) is 0 Å². The quantitative estimate of drug-likeness (QED) is 0.415. The Morgan fingerprint density at radius 1 is 1.88 bits per heavy atom. The van der Waals surface area contributed by atoms with Crippen LogP contribution in [0.2, 0.25) is 0 Å². The monoisotopic (exact) mass is 139 g/mol. The Morgan fingerprint density at radius 3 is 2.88 bits per heavy atom. The molecule has 0 radical (unpaired) electrons. The van der Waals surface area contributed by atoms with Crippen molar-refractivity contribution in [2.24, 2.45) is 0 Å². The topological polar surface area (TPSA) is 67.8 Å². The van der Waals surface area contributed by atoms with Crippen LogP contribution in [0, 0.1) is 0 Å². The second kappa shape index (κ2) is 4.72. The fourth-order valence-electron chi connectivity index (χ4n) is 0.115. The van der Waals surface area contributed by atoms with E-state index in [0.717, 1.165) is 6.20 Å². The summed E-state index contributed by atoms with van der Waals surface area (Å²) in [6.07, 6.45) is 1.13. The fraction of sp³-hybridized carbons (Fsp3) is 0. The van der Waals surface area contributed by atoms with Gasteiger partial charge >= 0.3 is 0 Å². The lowest BCUT2D eigenvalue weighted by molar-refractivity contribution is -0.435. The molecule has 0 saturated heterocycles. The molecule has 0 heterocycles. The van der Waals surface area contributed by atoms with Crippen molar-refractivity contribution in [2.75, 3.05) is 0 Å². The van der Waals surface area contributed by atoms with Crippen LogP contribution in [-0.4, -0.2) is 9.47 Å². The molecule has 0 spiro atoms. The van der Waals surface area contributed by atoms with E-state index in [4.69, 9.17) is 5.26 Å². The molecule has 0 aromatic heterocycles. The molecule has 1 unspecified atom stereocenters. The third-order valence-electron chi connectivity index (χ3n) is 0.272. The molecule has 0 aliphatic carbocycles. The van der Waals surface area contributed by atoms with Crippen molar-refractivity contribution in [2.45, 2.75) is 0 Å². The highest BCUT2D eigenvalue weighted by Gasteiger charge is 1.91. The third-order valence-corrected chi connectivity index (χ3v) is 0.815. The van der Waals surface area contributed by atoms with E-state index in [2.05, 4.69) is 20.7 Å². The molecule has 6 heteroatoms. The zero-order chi connectivity index (χ0) is 6.41. The molecule has 0 aliphatic heterocycles. The summed E-state index contributed by atoms with van der Waals surface area (Å²) >= 11 is -1.86. The molecule has 0 saturated carbocycles. The van der Waals surface area contributed by atoms with Gasteiger partial charge in [0.05, 0.1) is 0 Å². The maximum Gasteiger partial charge on any atom is 0.292 e. The summed E-state index contributed by atoms with van der Waals surface area (Å²) in [6, 6.07) is 0. The first kappa shape index (κ1) is 7.57. The van der Waals surface area contributed by atoms with Crippen molar-refractivity contribution in [1.82, 2.24) is 4.72 Å². The Hall–Kier alpha value is -0.430. The molecule has 0 aliphatic rings. The van der Waals surface area contributed by atoms with E-state index in [1.807, 2.05) is 0 Å². The predicted octanol–water partition coefficient (Wildman–Crippen LogP) is -0.281. The first-order valence-electron chi connectivity index (χ1n) is 1.58. The average Bonchev–Trinajstić information content (AvgIpc) is 1.68. The van der Waals surface area contributed by atoms with Gasteiger partial charge in [-0.25, -0.2) is 9.47 Å². The largest absolute Gasteiger partial charge is 0.292 e. The van der Waals surface area contributed by atoms with Crippen molar-refractivity contribution in [3.8, 4) is 0 Å². The van der Waals surface area contributed by atoms with E-state index in [9.17, 15) is 4.21 Å². The van der Waals surface area contributed by atoms with Gasteiger partial charge in [-0.2, -0.15) is 0 Å². The highest BCUT2D eigenvalue weighted by atomic mass is 32.2. The zero-order valence-electron chi connectivity index (χ0n) is 3.86. The van der Waals surface area contributed by atoms with Gasteiger partial charge in [-0.15, -0.1) is 0 Å². The van der Waals surface area contributed by atoms with Crippen molar-refractivity contribution < 1.29 is 18.8 Å². The van der Waals surface area contributed by atoms with Crippen LogP contribution in [0.5, 0.6) is 0 Å². The van der Waals surface area contributed by atoms with Gasteiger partial charge in [-0.05, 0) is 0 Å². The second-order valence-corrected chi connectivity index (χ2v) is 1.54. The van der Waals surface area contributed by atoms with Gasteiger partial charge in [0.1, 0.15) is 0 Å². The maximum absolute atomic E-state index is 10.1.